The highest BCUT2D eigenvalue weighted by Gasteiger charge is 2.36. The fraction of sp³-hybridized carbons (Fsp3) is 0.636. The van der Waals surface area contributed by atoms with Crippen molar-refractivity contribution in [2.45, 2.75) is 58.9 Å². The molecule has 1 heterocycles. The molecule has 1 saturated heterocycles. The predicted molar refractivity (Wildman–Crippen MR) is 104 cm³/mol. The summed E-state index contributed by atoms with van der Waals surface area (Å²) in [7, 11) is 0. The van der Waals surface area contributed by atoms with E-state index in [1.54, 1.807) is 0 Å². The van der Waals surface area contributed by atoms with Crippen LogP contribution in [0.4, 0.5) is 0 Å². The summed E-state index contributed by atoms with van der Waals surface area (Å²) in [6.07, 6.45) is 4.70. The van der Waals surface area contributed by atoms with Crippen LogP contribution in [0.15, 0.2) is 24.3 Å². The third-order valence-corrected chi connectivity index (χ3v) is 6.41. The van der Waals surface area contributed by atoms with E-state index in [2.05, 4.69) is 50.4 Å². The lowest BCUT2D eigenvalue weighted by atomic mass is 9.78. The summed E-state index contributed by atoms with van der Waals surface area (Å²) in [6, 6.07) is 8.70. The molecule has 0 radical (unpaired) electrons. The Morgan fingerprint density at radius 3 is 2.65 bits per heavy atom. The number of benzene rings is 1. The Balaban J connectivity index is 1.50. The van der Waals surface area contributed by atoms with Crippen LogP contribution < -0.4 is 5.32 Å². The van der Waals surface area contributed by atoms with Crippen LogP contribution in [-0.4, -0.2) is 35.8 Å². The van der Waals surface area contributed by atoms with Crippen LogP contribution in [0.2, 0.25) is 0 Å². The number of hydrogen-bond acceptors (Lipinski definition) is 2. The van der Waals surface area contributed by atoms with Crippen molar-refractivity contribution in [1.29, 1.82) is 0 Å². The molecule has 1 aromatic rings. The Labute approximate surface area is 157 Å². The number of rotatable bonds is 5. The van der Waals surface area contributed by atoms with Gasteiger partial charge in [-0.1, -0.05) is 56.5 Å². The lowest BCUT2D eigenvalue weighted by Crippen LogP contribution is -2.46. The molecule has 0 aromatic heterocycles. The average Bonchev–Trinajstić information content (AvgIpc) is 2.99. The fourth-order valence-corrected chi connectivity index (χ4v) is 4.27. The number of likely N-dealkylation sites (tertiary alicyclic amines) is 1. The zero-order valence-electron chi connectivity index (χ0n) is 16.3. The van der Waals surface area contributed by atoms with Crippen LogP contribution in [0.3, 0.4) is 0 Å². The molecule has 1 N–H and O–H groups in total. The molecule has 0 spiro atoms. The number of carbonyl (C=O) groups excluding carboxylic acids is 2. The molecule has 0 unspecified atom stereocenters. The Morgan fingerprint density at radius 2 is 1.92 bits per heavy atom. The molecule has 4 nitrogen and oxygen atoms in total. The van der Waals surface area contributed by atoms with Gasteiger partial charge < -0.3 is 10.2 Å². The quantitative estimate of drug-likeness (QED) is 0.880. The van der Waals surface area contributed by atoms with E-state index < -0.39 is 0 Å². The van der Waals surface area contributed by atoms with Crippen LogP contribution in [0.25, 0.3) is 0 Å². The molecule has 1 aromatic carbocycles. The summed E-state index contributed by atoms with van der Waals surface area (Å²) < 4.78 is 0. The normalized spacial score (nSPS) is 29.0. The second kappa shape index (κ2) is 8.24. The van der Waals surface area contributed by atoms with Gasteiger partial charge in [0.1, 0.15) is 0 Å². The molecule has 142 valence electrons. The number of carbonyl (C=O) groups is 2. The molecule has 0 bridgehead atoms. The van der Waals surface area contributed by atoms with Gasteiger partial charge in [-0.3, -0.25) is 9.59 Å². The molecule has 2 amide bonds. The second-order valence-corrected chi connectivity index (χ2v) is 8.36. The van der Waals surface area contributed by atoms with Crippen LogP contribution in [-0.2, 0) is 16.0 Å². The Morgan fingerprint density at radius 1 is 1.19 bits per heavy atom. The van der Waals surface area contributed by atoms with Gasteiger partial charge >= 0.3 is 0 Å². The number of hydrogen-bond donors (Lipinski definition) is 1. The molecule has 4 atom stereocenters. The number of aryl methyl sites for hydroxylation is 1. The van der Waals surface area contributed by atoms with Crippen molar-refractivity contribution in [2.24, 2.45) is 17.8 Å². The highest BCUT2D eigenvalue weighted by atomic mass is 16.2. The Hall–Kier alpha value is -1.84. The molecular formula is C22H32N2O2. The highest BCUT2D eigenvalue weighted by Crippen LogP contribution is 2.30. The third kappa shape index (κ3) is 4.46. The van der Waals surface area contributed by atoms with Crippen molar-refractivity contribution in [3.05, 3.63) is 35.4 Å². The fourth-order valence-electron chi connectivity index (χ4n) is 4.27. The van der Waals surface area contributed by atoms with Crippen LogP contribution in [0.1, 0.15) is 50.7 Å². The van der Waals surface area contributed by atoms with E-state index >= 15 is 0 Å². The zero-order chi connectivity index (χ0) is 18.7. The van der Waals surface area contributed by atoms with E-state index in [-0.39, 0.29) is 23.8 Å². The summed E-state index contributed by atoms with van der Waals surface area (Å²) >= 11 is 0. The van der Waals surface area contributed by atoms with Crippen molar-refractivity contribution < 1.29 is 9.59 Å². The van der Waals surface area contributed by atoms with Gasteiger partial charge in [0.2, 0.25) is 11.8 Å². The first-order valence-electron chi connectivity index (χ1n) is 10.1. The van der Waals surface area contributed by atoms with Gasteiger partial charge in [-0.25, -0.2) is 0 Å². The molecule has 1 aliphatic carbocycles. The molecule has 2 aliphatic rings. The molecule has 1 saturated carbocycles. The first kappa shape index (κ1) is 18.9. The van der Waals surface area contributed by atoms with Gasteiger partial charge in [0.05, 0.1) is 5.92 Å². The first-order chi connectivity index (χ1) is 12.4. The smallest absolute Gasteiger partial charge is 0.225 e. The van der Waals surface area contributed by atoms with E-state index in [9.17, 15) is 9.59 Å². The predicted octanol–water partition coefficient (Wildman–Crippen LogP) is 3.33. The largest absolute Gasteiger partial charge is 0.353 e. The lowest BCUT2D eigenvalue weighted by molar-refractivity contribution is -0.129. The number of nitrogens with zero attached hydrogens (tertiary/aromatic N) is 1. The van der Waals surface area contributed by atoms with E-state index in [1.165, 1.54) is 24.0 Å². The summed E-state index contributed by atoms with van der Waals surface area (Å²) in [6.45, 7) is 7.85. The van der Waals surface area contributed by atoms with Crippen LogP contribution in [0, 0.1) is 24.7 Å². The van der Waals surface area contributed by atoms with Crippen LogP contribution >= 0.6 is 0 Å². The summed E-state index contributed by atoms with van der Waals surface area (Å²) in [5.41, 5.74) is 2.48. The molecule has 4 heteroatoms. The van der Waals surface area contributed by atoms with Gasteiger partial charge in [0.15, 0.2) is 0 Å². The van der Waals surface area contributed by atoms with E-state index in [0.29, 0.717) is 31.3 Å². The van der Waals surface area contributed by atoms with Gasteiger partial charge in [0, 0.05) is 25.6 Å². The van der Waals surface area contributed by atoms with E-state index in [0.717, 1.165) is 12.8 Å². The number of amides is 2. The van der Waals surface area contributed by atoms with Gasteiger partial charge in [-0.2, -0.15) is 0 Å². The third-order valence-electron chi connectivity index (χ3n) is 6.41. The monoisotopic (exact) mass is 356 g/mol. The minimum absolute atomic E-state index is 0.0714. The topological polar surface area (TPSA) is 49.4 Å². The zero-order valence-corrected chi connectivity index (χ0v) is 16.3. The SMILES string of the molecule is Cc1ccc(CCN2C[C@H](C(=O)N[C@@H]3CCC[C@H](C)[C@H]3C)CC2=O)cc1. The maximum absolute atomic E-state index is 12.7. The van der Waals surface area contributed by atoms with Crippen molar-refractivity contribution in [1.82, 2.24) is 10.2 Å². The minimum Gasteiger partial charge on any atom is -0.353 e. The summed E-state index contributed by atoms with van der Waals surface area (Å²) in [5, 5.41) is 3.24. The van der Waals surface area contributed by atoms with E-state index in [1.807, 2.05) is 4.90 Å². The Bertz CT molecular complexity index is 640. The first-order valence-corrected chi connectivity index (χ1v) is 10.1. The molecule has 3 rings (SSSR count). The highest BCUT2D eigenvalue weighted by molar-refractivity contribution is 5.89. The van der Waals surface area contributed by atoms with E-state index in [4.69, 9.17) is 0 Å². The van der Waals surface area contributed by atoms with Crippen molar-refractivity contribution in [3.8, 4) is 0 Å². The Kier molecular flexibility index (Phi) is 6.00. The second-order valence-electron chi connectivity index (χ2n) is 8.36. The minimum atomic E-state index is -0.190. The molecule has 2 fully saturated rings. The molecule has 1 aliphatic heterocycles. The van der Waals surface area contributed by atoms with Gasteiger partial charge in [-0.05, 0) is 37.2 Å². The maximum atomic E-state index is 12.7. The standard InChI is InChI=1S/C22H32N2O2/c1-15-7-9-18(10-8-15)11-12-24-14-19(13-21(24)25)22(26)23-20-6-4-5-16(2)17(20)3/h7-10,16-17,19-20H,4-6,11-14H2,1-3H3,(H,23,26)/t16-,17+,19+,20+/m0/s1. The van der Waals surface area contributed by atoms with Gasteiger partial charge in [-0.15, -0.1) is 0 Å². The number of nitrogens with one attached hydrogen (secondary N) is 1. The maximum Gasteiger partial charge on any atom is 0.225 e. The van der Waals surface area contributed by atoms with Crippen molar-refractivity contribution in [2.75, 3.05) is 13.1 Å². The lowest BCUT2D eigenvalue weighted by Gasteiger charge is -2.35. The molecule has 26 heavy (non-hydrogen) atoms. The molecular weight excluding hydrogens is 324 g/mol. The average molecular weight is 357 g/mol. The summed E-state index contributed by atoms with van der Waals surface area (Å²) in [4.78, 5) is 26.9. The summed E-state index contributed by atoms with van der Waals surface area (Å²) in [5.74, 6) is 1.17. The van der Waals surface area contributed by atoms with Crippen LogP contribution in [0.5, 0.6) is 0 Å². The van der Waals surface area contributed by atoms with Crippen molar-refractivity contribution in [3.63, 3.8) is 0 Å². The van der Waals surface area contributed by atoms with Crippen molar-refractivity contribution >= 4 is 11.8 Å². The van der Waals surface area contributed by atoms with Gasteiger partial charge in [0.25, 0.3) is 0 Å².